The monoisotopic (exact) mass is 394 g/mol. The van der Waals surface area contributed by atoms with Crippen molar-refractivity contribution < 1.29 is 9.59 Å². The minimum Gasteiger partial charge on any atom is -0.307 e. The van der Waals surface area contributed by atoms with E-state index >= 15 is 0 Å². The van der Waals surface area contributed by atoms with Crippen LogP contribution in [0.25, 0.3) is 0 Å². The number of rotatable bonds is 4. The first-order valence-electron chi connectivity index (χ1n) is 7.31. The number of carbonyl (C=O) groups excluding carboxylic acids is 2. The molecule has 8 heteroatoms. The molecule has 0 saturated heterocycles. The van der Waals surface area contributed by atoms with Gasteiger partial charge in [0.2, 0.25) is 0 Å². The van der Waals surface area contributed by atoms with Crippen molar-refractivity contribution in [2.75, 3.05) is 10.6 Å². The van der Waals surface area contributed by atoms with Crippen LogP contribution in [0.4, 0.5) is 15.6 Å². The first-order valence-corrected chi connectivity index (χ1v) is 8.92. The van der Waals surface area contributed by atoms with Crippen LogP contribution in [0.5, 0.6) is 0 Å². The molecule has 2 aromatic heterocycles. The second kappa shape index (κ2) is 7.18. The molecule has 23 heavy (non-hydrogen) atoms. The standard InChI is InChI=1S/C15H15BrN4O2S/c16-12-8-18-15(23-12)20-14(22)19-11-5-6-17-7-10(11)13(21)9-3-1-2-4-9/h5-9H,1-4H2,(H2,17,18,19,20,22). The highest BCUT2D eigenvalue weighted by Crippen LogP contribution is 2.30. The Morgan fingerprint density at radius 1 is 1.22 bits per heavy atom. The Kier molecular flexibility index (Phi) is 5.02. The molecule has 1 fully saturated rings. The number of nitrogens with zero attached hydrogens (tertiary/aromatic N) is 2. The average molecular weight is 395 g/mol. The van der Waals surface area contributed by atoms with E-state index in [2.05, 4.69) is 36.5 Å². The normalized spacial score (nSPS) is 14.7. The van der Waals surface area contributed by atoms with E-state index in [9.17, 15) is 9.59 Å². The molecule has 0 unspecified atom stereocenters. The molecular formula is C15H15BrN4O2S. The molecule has 2 aromatic rings. The fourth-order valence-electron chi connectivity index (χ4n) is 2.67. The molecule has 2 amide bonds. The van der Waals surface area contributed by atoms with Gasteiger partial charge < -0.3 is 5.32 Å². The Morgan fingerprint density at radius 3 is 2.70 bits per heavy atom. The molecule has 1 saturated carbocycles. The average Bonchev–Trinajstić information content (AvgIpc) is 3.19. The second-order valence-corrected chi connectivity index (χ2v) is 7.73. The Morgan fingerprint density at radius 2 is 2.00 bits per heavy atom. The number of anilines is 2. The predicted molar refractivity (Wildman–Crippen MR) is 93.0 cm³/mol. The summed E-state index contributed by atoms with van der Waals surface area (Å²) in [6.07, 6.45) is 8.68. The van der Waals surface area contributed by atoms with Crippen LogP contribution in [0, 0.1) is 5.92 Å². The van der Waals surface area contributed by atoms with Crippen molar-refractivity contribution in [1.29, 1.82) is 0 Å². The van der Waals surface area contributed by atoms with Crippen molar-refractivity contribution in [2.24, 2.45) is 5.92 Å². The highest BCUT2D eigenvalue weighted by Gasteiger charge is 2.26. The molecule has 120 valence electrons. The lowest BCUT2D eigenvalue weighted by Crippen LogP contribution is -2.22. The van der Waals surface area contributed by atoms with Crippen molar-refractivity contribution in [3.8, 4) is 0 Å². The number of pyridine rings is 1. The van der Waals surface area contributed by atoms with Gasteiger partial charge in [-0.05, 0) is 34.8 Å². The van der Waals surface area contributed by atoms with E-state index in [-0.39, 0.29) is 11.7 Å². The van der Waals surface area contributed by atoms with Crippen LogP contribution < -0.4 is 10.6 Å². The predicted octanol–water partition coefficient (Wildman–Crippen LogP) is 4.32. The van der Waals surface area contributed by atoms with Gasteiger partial charge in [-0.25, -0.2) is 9.78 Å². The van der Waals surface area contributed by atoms with E-state index in [1.807, 2.05) is 0 Å². The summed E-state index contributed by atoms with van der Waals surface area (Å²) in [5, 5.41) is 5.83. The molecule has 0 atom stereocenters. The number of Topliss-reactive ketones (excluding diaryl/α,β-unsaturated/α-hetero) is 1. The van der Waals surface area contributed by atoms with Crippen LogP contribution in [-0.2, 0) is 0 Å². The van der Waals surface area contributed by atoms with Crippen molar-refractivity contribution in [1.82, 2.24) is 9.97 Å². The van der Waals surface area contributed by atoms with Crippen molar-refractivity contribution in [3.05, 3.63) is 34.0 Å². The molecule has 0 spiro atoms. The Balaban J connectivity index is 1.72. The summed E-state index contributed by atoms with van der Waals surface area (Å²) in [7, 11) is 0. The molecule has 0 aromatic carbocycles. The minimum atomic E-state index is -0.432. The second-order valence-electron chi connectivity index (χ2n) is 5.32. The van der Waals surface area contributed by atoms with Crippen molar-refractivity contribution >= 4 is 49.9 Å². The minimum absolute atomic E-state index is 0.0396. The third-order valence-electron chi connectivity index (χ3n) is 3.76. The third kappa shape index (κ3) is 3.94. The summed E-state index contributed by atoms with van der Waals surface area (Å²) in [6.45, 7) is 0. The van der Waals surface area contributed by atoms with Crippen LogP contribution in [0.2, 0.25) is 0 Å². The largest absolute Gasteiger partial charge is 0.325 e. The number of aromatic nitrogens is 2. The van der Waals surface area contributed by atoms with Gasteiger partial charge in [0.25, 0.3) is 0 Å². The van der Waals surface area contributed by atoms with Gasteiger partial charge >= 0.3 is 6.03 Å². The van der Waals surface area contributed by atoms with Crippen molar-refractivity contribution in [2.45, 2.75) is 25.7 Å². The number of amides is 2. The van der Waals surface area contributed by atoms with Gasteiger partial charge in [0.1, 0.15) is 0 Å². The zero-order valence-corrected chi connectivity index (χ0v) is 14.6. The first kappa shape index (κ1) is 16.1. The van der Waals surface area contributed by atoms with Gasteiger partial charge in [0, 0.05) is 18.3 Å². The lowest BCUT2D eigenvalue weighted by molar-refractivity contribution is 0.0923. The number of ketones is 1. The SMILES string of the molecule is O=C(Nc1ncc(Br)s1)Nc1ccncc1C(=O)C1CCCC1. The maximum atomic E-state index is 12.6. The van der Waals surface area contributed by atoms with Gasteiger partial charge in [-0.1, -0.05) is 24.2 Å². The number of thiazole rings is 1. The number of urea groups is 1. The van der Waals surface area contributed by atoms with Gasteiger partial charge in [0.15, 0.2) is 10.9 Å². The molecule has 1 aliphatic carbocycles. The highest BCUT2D eigenvalue weighted by molar-refractivity contribution is 9.11. The number of hydrogen-bond donors (Lipinski definition) is 2. The van der Waals surface area contributed by atoms with Crippen molar-refractivity contribution in [3.63, 3.8) is 0 Å². The molecule has 3 rings (SSSR count). The summed E-state index contributed by atoms with van der Waals surface area (Å²) in [4.78, 5) is 32.7. The van der Waals surface area contributed by atoms with E-state index in [1.165, 1.54) is 17.5 Å². The van der Waals surface area contributed by atoms with Gasteiger partial charge in [-0.15, -0.1) is 0 Å². The summed E-state index contributed by atoms with van der Waals surface area (Å²) in [6, 6.07) is 1.21. The molecule has 0 bridgehead atoms. The highest BCUT2D eigenvalue weighted by atomic mass is 79.9. The summed E-state index contributed by atoms with van der Waals surface area (Å²) < 4.78 is 0.828. The van der Waals surface area contributed by atoms with E-state index in [4.69, 9.17) is 0 Å². The lowest BCUT2D eigenvalue weighted by atomic mass is 9.96. The molecule has 1 aliphatic rings. The number of halogens is 1. The third-order valence-corrected chi connectivity index (χ3v) is 5.15. The topological polar surface area (TPSA) is 84.0 Å². The fraction of sp³-hybridized carbons (Fsp3) is 0.333. The molecule has 6 nitrogen and oxygen atoms in total. The van der Waals surface area contributed by atoms with E-state index < -0.39 is 6.03 Å². The van der Waals surface area contributed by atoms with E-state index in [0.29, 0.717) is 16.4 Å². The zero-order valence-electron chi connectivity index (χ0n) is 12.2. The quantitative estimate of drug-likeness (QED) is 0.756. The fourth-order valence-corrected chi connectivity index (χ4v) is 3.77. The van der Waals surface area contributed by atoms with Crippen LogP contribution >= 0.6 is 27.3 Å². The van der Waals surface area contributed by atoms with Crippen LogP contribution in [0.3, 0.4) is 0 Å². The van der Waals surface area contributed by atoms with Gasteiger partial charge in [-0.3, -0.25) is 15.1 Å². The van der Waals surface area contributed by atoms with Crippen LogP contribution in [0.15, 0.2) is 28.4 Å². The summed E-state index contributed by atoms with van der Waals surface area (Å²) in [5.74, 6) is 0.0978. The number of hydrogen-bond acceptors (Lipinski definition) is 5. The zero-order chi connectivity index (χ0) is 16.2. The molecular weight excluding hydrogens is 380 g/mol. The number of nitrogens with one attached hydrogen (secondary N) is 2. The summed E-state index contributed by atoms with van der Waals surface area (Å²) in [5.41, 5.74) is 0.944. The van der Waals surface area contributed by atoms with E-state index in [0.717, 1.165) is 29.5 Å². The Hall–Kier alpha value is -1.80. The summed E-state index contributed by atoms with van der Waals surface area (Å²) >= 11 is 4.60. The number of carbonyl (C=O) groups is 2. The molecule has 0 radical (unpaired) electrons. The smallest absolute Gasteiger partial charge is 0.307 e. The maximum absolute atomic E-state index is 12.6. The van der Waals surface area contributed by atoms with Gasteiger partial charge in [-0.2, -0.15) is 0 Å². The molecule has 2 N–H and O–H groups in total. The molecule has 0 aliphatic heterocycles. The lowest BCUT2D eigenvalue weighted by Gasteiger charge is -2.13. The maximum Gasteiger partial charge on any atom is 0.325 e. The van der Waals surface area contributed by atoms with E-state index in [1.54, 1.807) is 18.5 Å². The van der Waals surface area contributed by atoms with Crippen LogP contribution in [0.1, 0.15) is 36.0 Å². The Labute approximate surface area is 145 Å². The van der Waals surface area contributed by atoms with Crippen LogP contribution in [-0.4, -0.2) is 21.8 Å². The van der Waals surface area contributed by atoms with Gasteiger partial charge in [0.05, 0.1) is 21.2 Å². The first-order chi connectivity index (χ1) is 11.1. The Bertz CT molecular complexity index is 728. The molecule has 2 heterocycles.